The lowest BCUT2D eigenvalue weighted by atomic mass is 10.2. The molecule has 0 heterocycles. The van der Waals surface area contributed by atoms with Crippen molar-refractivity contribution in [2.75, 3.05) is 41.5 Å². The number of nitrogens with one attached hydrogen (secondary N) is 1. The summed E-state index contributed by atoms with van der Waals surface area (Å²) in [7, 11) is 7.04. The monoisotopic (exact) mass is 357 g/mol. The van der Waals surface area contributed by atoms with Crippen LogP contribution in [0, 0.1) is 0 Å². The number of guanidine groups is 1. The summed E-state index contributed by atoms with van der Waals surface area (Å²) in [5.41, 5.74) is 1.03. The van der Waals surface area contributed by atoms with E-state index < -0.39 is 0 Å². The Bertz CT molecular complexity index is 705. The molecule has 0 unspecified atom stereocenters. The van der Waals surface area contributed by atoms with Crippen molar-refractivity contribution in [2.24, 2.45) is 4.99 Å². The van der Waals surface area contributed by atoms with Crippen LogP contribution in [0.25, 0.3) is 0 Å². The molecule has 0 atom stereocenters. The van der Waals surface area contributed by atoms with Crippen molar-refractivity contribution in [1.29, 1.82) is 0 Å². The van der Waals surface area contributed by atoms with Crippen molar-refractivity contribution in [3.05, 3.63) is 54.1 Å². The van der Waals surface area contributed by atoms with Gasteiger partial charge in [-0.1, -0.05) is 18.2 Å². The molecule has 6 nitrogen and oxygen atoms in total. The van der Waals surface area contributed by atoms with Gasteiger partial charge in [-0.15, -0.1) is 0 Å². The second kappa shape index (κ2) is 10.2. The van der Waals surface area contributed by atoms with Crippen LogP contribution in [-0.2, 0) is 6.54 Å². The van der Waals surface area contributed by atoms with Gasteiger partial charge in [-0.25, -0.2) is 0 Å². The zero-order valence-corrected chi connectivity index (χ0v) is 15.9. The van der Waals surface area contributed by atoms with E-state index in [2.05, 4.69) is 10.3 Å². The van der Waals surface area contributed by atoms with Crippen molar-refractivity contribution in [3.63, 3.8) is 0 Å². The fourth-order valence-corrected chi connectivity index (χ4v) is 2.48. The largest absolute Gasteiger partial charge is 0.497 e. The third-order valence-corrected chi connectivity index (χ3v) is 3.94. The molecule has 0 aliphatic carbocycles. The average Bonchev–Trinajstić information content (AvgIpc) is 2.69. The lowest BCUT2D eigenvalue weighted by Crippen LogP contribution is -2.40. The van der Waals surface area contributed by atoms with Gasteiger partial charge in [0.15, 0.2) is 5.96 Å². The van der Waals surface area contributed by atoms with E-state index in [1.807, 2.05) is 60.5 Å². The summed E-state index contributed by atoms with van der Waals surface area (Å²) < 4.78 is 16.4. The highest BCUT2D eigenvalue weighted by atomic mass is 16.5. The van der Waals surface area contributed by atoms with Gasteiger partial charge < -0.3 is 24.4 Å². The van der Waals surface area contributed by atoms with Crippen LogP contribution in [0.4, 0.5) is 0 Å². The molecule has 0 aromatic heterocycles. The van der Waals surface area contributed by atoms with E-state index in [1.54, 1.807) is 21.3 Å². The maximum atomic E-state index is 5.74. The third kappa shape index (κ3) is 5.58. The summed E-state index contributed by atoms with van der Waals surface area (Å²) in [5, 5.41) is 3.35. The maximum Gasteiger partial charge on any atom is 0.193 e. The van der Waals surface area contributed by atoms with Crippen LogP contribution < -0.4 is 19.5 Å². The summed E-state index contributed by atoms with van der Waals surface area (Å²) in [6.07, 6.45) is 0. The predicted octanol–water partition coefficient (Wildman–Crippen LogP) is 2.79. The van der Waals surface area contributed by atoms with Crippen LogP contribution in [0.2, 0.25) is 0 Å². The van der Waals surface area contributed by atoms with Crippen LogP contribution in [-0.4, -0.2) is 52.3 Å². The molecule has 0 aliphatic heterocycles. The van der Waals surface area contributed by atoms with Gasteiger partial charge >= 0.3 is 0 Å². The smallest absolute Gasteiger partial charge is 0.193 e. The molecule has 0 aliphatic rings. The summed E-state index contributed by atoms with van der Waals surface area (Å²) in [6.45, 7) is 1.89. The van der Waals surface area contributed by atoms with Gasteiger partial charge in [0.1, 0.15) is 23.9 Å². The van der Waals surface area contributed by atoms with Crippen LogP contribution in [0.5, 0.6) is 17.2 Å². The molecule has 2 aromatic rings. The first-order valence-electron chi connectivity index (χ1n) is 8.48. The van der Waals surface area contributed by atoms with Gasteiger partial charge in [0, 0.05) is 32.3 Å². The number of hydrogen-bond acceptors (Lipinski definition) is 4. The van der Waals surface area contributed by atoms with Crippen molar-refractivity contribution < 1.29 is 14.2 Å². The van der Waals surface area contributed by atoms with Crippen molar-refractivity contribution in [1.82, 2.24) is 10.2 Å². The Morgan fingerprint density at radius 2 is 1.81 bits per heavy atom. The third-order valence-electron chi connectivity index (χ3n) is 3.94. The van der Waals surface area contributed by atoms with Crippen molar-refractivity contribution in [3.8, 4) is 17.2 Å². The van der Waals surface area contributed by atoms with E-state index in [0.717, 1.165) is 28.8 Å². The minimum absolute atomic E-state index is 0.576. The quantitative estimate of drug-likeness (QED) is 0.582. The van der Waals surface area contributed by atoms with Gasteiger partial charge in [-0.2, -0.15) is 0 Å². The molecule has 0 saturated heterocycles. The average molecular weight is 357 g/mol. The molecule has 2 aromatic carbocycles. The summed E-state index contributed by atoms with van der Waals surface area (Å²) in [5.74, 6) is 3.21. The summed E-state index contributed by atoms with van der Waals surface area (Å²) >= 11 is 0. The van der Waals surface area contributed by atoms with E-state index in [-0.39, 0.29) is 0 Å². The number of rotatable bonds is 8. The predicted molar refractivity (Wildman–Crippen MR) is 104 cm³/mol. The molecule has 0 radical (unpaired) electrons. The van der Waals surface area contributed by atoms with E-state index in [0.29, 0.717) is 19.7 Å². The van der Waals surface area contributed by atoms with E-state index >= 15 is 0 Å². The highest BCUT2D eigenvalue weighted by Crippen LogP contribution is 2.24. The molecule has 26 heavy (non-hydrogen) atoms. The van der Waals surface area contributed by atoms with E-state index in [9.17, 15) is 0 Å². The Kier molecular flexibility index (Phi) is 7.61. The van der Waals surface area contributed by atoms with Gasteiger partial charge in [-0.05, 0) is 24.3 Å². The highest BCUT2D eigenvalue weighted by Gasteiger charge is 2.09. The number of benzene rings is 2. The fourth-order valence-electron chi connectivity index (χ4n) is 2.48. The Balaban J connectivity index is 1.86. The zero-order valence-electron chi connectivity index (χ0n) is 15.9. The molecule has 2 rings (SSSR count). The van der Waals surface area contributed by atoms with Gasteiger partial charge in [-0.3, -0.25) is 4.99 Å². The number of aliphatic imine (C=N–C) groups is 1. The minimum Gasteiger partial charge on any atom is -0.497 e. The second-order valence-electron chi connectivity index (χ2n) is 5.66. The molecular formula is C20H27N3O3. The molecule has 0 bridgehead atoms. The number of methoxy groups -OCH3 is 2. The van der Waals surface area contributed by atoms with Crippen molar-refractivity contribution >= 4 is 5.96 Å². The molecule has 6 heteroatoms. The molecule has 0 fully saturated rings. The SMILES string of the molecule is CN=C(NCc1ccc(OC)cc1OC)N(C)CCOc1ccccc1. The number of nitrogens with zero attached hydrogens (tertiary/aromatic N) is 2. The Morgan fingerprint density at radius 1 is 1.04 bits per heavy atom. The molecule has 0 spiro atoms. The number of para-hydroxylation sites is 1. The van der Waals surface area contributed by atoms with Crippen LogP contribution in [0.15, 0.2) is 53.5 Å². The lowest BCUT2D eigenvalue weighted by Gasteiger charge is -2.22. The molecule has 1 N–H and O–H groups in total. The summed E-state index contributed by atoms with van der Waals surface area (Å²) in [6, 6.07) is 15.6. The number of likely N-dealkylation sites (N-methyl/N-ethyl adjacent to an activating group) is 1. The van der Waals surface area contributed by atoms with Crippen LogP contribution >= 0.6 is 0 Å². The molecular weight excluding hydrogens is 330 g/mol. The Hall–Kier alpha value is -2.89. The second-order valence-corrected chi connectivity index (χ2v) is 5.66. The maximum absolute atomic E-state index is 5.74. The van der Waals surface area contributed by atoms with Crippen molar-refractivity contribution in [2.45, 2.75) is 6.54 Å². The topological polar surface area (TPSA) is 55.3 Å². The number of hydrogen-bond donors (Lipinski definition) is 1. The molecule has 0 amide bonds. The zero-order chi connectivity index (χ0) is 18.8. The van der Waals surface area contributed by atoms with Gasteiger partial charge in [0.25, 0.3) is 0 Å². The van der Waals surface area contributed by atoms with Crippen LogP contribution in [0.3, 0.4) is 0 Å². The standard InChI is InChI=1S/C20H27N3O3/c1-21-20(23(2)12-13-26-17-8-6-5-7-9-17)22-15-16-10-11-18(24-3)14-19(16)25-4/h5-11,14H,12-13,15H2,1-4H3,(H,21,22). The van der Waals surface area contributed by atoms with Gasteiger partial charge in [0.05, 0.1) is 20.8 Å². The normalized spacial score (nSPS) is 11.0. The molecule has 0 saturated carbocycles. The first kappa shape index (κ1) is 19.4. The number of ether oxygens (including phenoxy) is 3. The summed E-state index contributed by atoms with van der Waals surface area (Å²) in [4.78, 5) is 6.36. The van der Waals surface area contributed by atoms with E-state index in [1.165, 1.54) is 0 Å². The van der Waals surface area contributed by atoms with Crippen LogP contribution in [0.1, 0.15) is 5.56 Å². The minimum atomic E-state index is 0.576. The highest BCUT2D eigenvalue weighted by molar-refractivity contribution is 5.79. The molecule has 140 valence electrons. The van der Waals surface area contributed by atoms with E-state index in [4.69, 9.17) is 14.2 Å². The Labute approximate surface area is 155 Å². The first-order valence-corrected chi connectivity index (χ1v) is 8.48. The fraction of sp³-hybridized carbons (Fsp3) is 0.350. The first-order chi connectivity index (χ1) is 12.7. The lowest BCUT2D eigenvalue weighted by molar-refractivity contribution is 0.281. The van der Waals surface area contributed by atoms with Gasteiger partial charge in [0.2, 0.25) is 0 Å². The Morgan fingerprint density at radius 3 is 2.46 bits per heavy atom.